The Kier molecular flexibility index (Phi) is 5.77. The fourth-order valence-corrected chi connectivity index (χ4v) is 3.83. The molecular weight excluding hydrogens is 386 g/mol. The van der Waals surface area contributed by atoms with E-state index in [9.17, 15) is 4.79 Å². The highest BCUT2D eigenvalue weighted by atomic mass is 16.5. The Morgan fingerprint density at radius 3 is 2.87 bits per heavy atom. The number of piperidine rings is 1. The number of aliphatic hydroxyl groups excluding tert-OH is 1. The number of fused-ring (bicyclic) bond motifs is 1. The third-order valence-electron chi connectivity index (χ3n) is 5.41. The normalized spacial score (nSPS) is 15.4. The molecule has 0 saturated carbocycles. The molecule has 4 heterocycles. The summed E-state index contributed by atoms with van der Waals surface area (Å²) in [5.41, 5.74) is 8.50. The topological polar surface area (TPSA) is 131 Å². The predicted molar refractivity (Wildman–Crippen MR) is 111 cm³/mol. The van der Waals surface area contributed by atoms with E-state index in [1.807, 2.05) is 6.07 Å². The Balaban J connectivity index is 1.63. The molecule has 0 unspecified atom stereocenters. The zero-order chi connectivity index (χ0) is 21.1. The number of hydrogen-bond donors (Lipinski definition) is 3. The summed E-state index contributed by atoms with van der Waals surface area (Å²) >= 11 is 0. The summed E-state index contributed by atoms with van der Waals surface area (Å²) in [6, 6.07) is 5.43. The predicted octanol–water partition coefficient (Wildman–Crippen LogP) is 0.569. The van der Waals surface area contributed by atoms with Gasteiger partial charge in [0.1, 0.15) is 11.8 Å². The third-order valence-corrected chi connectivity index (χ3v) is 5.41. The smallest absolute Gasteiger partial charge is 0.253 e. The molecule has 10 heteroatoms. The van der Waals surface area contributed by atoms with Crippen molar-refractivity contribution >= 4 is 17.2 Å². The van der Waals surface area contributed by atoms with Crippen molar-refractivity contribution < 1.29 is 14.6 Å². The number of amides is 1. The van der Waals surface area contributed by atoms with Crippen LogP contribution in [0.5, 0.6) is 5.88 Å². The molecule has 0 aromatic carbocycles. The van der Waals surface area contributed by atoms with Gasteiger partial charge >= 0.3 is 0 Å². The zero-order valence-electron chi connectivity index (χ0n) is 16.8. The maximum Gasteiger partial charge on any atom is 0.253 e. The number of nitrogens with zero attached hydrogens (tertiary/aromatic N) is 5. The second-order valence-electron chi connectivity index (χ2n) is 7.25. The summed E-state index contributed by atoms with van der Waals surface area (Å²) < 4.78 is 6.84. The van der Waals surface area contributed by atoms with Crippen LogP contribution in [0.2, 0.25) is 0 Å². The molecule has 1 saturated heterocycles. The van der Waals surface area contributed by atoms with Crippen molar-refractivity contribution in [2.24, 2.45) is 0 Å². The second kappa shape index (κ2) is 8.64. The molecule has 0 aliphatic carbocycles. The number of nitrogen functional groups attached to an aromatic ring is 1. The van der Waals surface area contributed by atoms with Crippen LogP contribution in [0.1, 0.15) is 23.2 Å². The number of rotatable bonds is 6. The zero-order valence-corrected chi connectivity index (χ0v) is 16.8. The van der Waals surface area contributed by atoms with E-state index in [0.29, 0.717) is 29.2 Å². The van der Waals surface area contributed by atoms with Crippen LogP contribution in [-0.4, -0.2) is 74.9 Å². The third kappa shape index (κ3) is 3.91. The molecule has 0 bridgehead atoms. The van der Waals surface area contributed by atoms with Crippen molar-refractivity contribution in [3.8, 4) is 17.1 Å². The molecule has 10 nitrogen and oxygen atoms in total. The molecule has 0 atom stereocenters. The summed E-state index contributed by atoms with van der Waals surface area (Å²) in [7, 11) is 1.55. The molecule has 1 aliphatic rings. The standard InChI is InChI=1S/C20H25N7O3/c1-30-17-10-13(2-5-22-17)16-11-15(18-19(21)23-12-24-27(16)18)20(29)25-14-3-6-26(7-4-14)8-9-28/h2,5,10-12,14,28H,3-4,6-9H2,1H3,(H,25,29)(H2,21,23,24). The fourth-order valence-electron chi connectivity index (χ4n) is 3.83. The molecule has 0 radical (unpaired) electrons. The van der Waals surface area contributed by atoms with E-state index in [1.54, 1.807) is 30.0 Å². The van der Waals surface area contributed by atoms with Gasteiger partial charge < -0.3 is 25.8 Å². The van der Waals surface area contributed by atoms with E-state index in [4.69, 9.17) is 15.6 Å². The van der Waals surface area contributed by atoms with Crippen LogP contribution >= 0.6 is 0 Å². The van der Waals surface area contributed by atoms with Gasteiger partial charge in [0, 0.05) is 43.5 Å². The first kappa shape index (κ1) is 20.0. The number of pyridine rings is 1. The minimum absolute atomic E-state index is 0.0673. The van der Waals surface area contributed by atoms with Crippen molar-refractivity contribution in [3.63, 3.8) is 0 Å². The molecule has 158 valence electrons. The first-order valence-electron chi connectivity index (χ1n) is 9.87. The van der Waals surface area contributed by atoms with Crippen LogP contribution in [0.3, 0.4) is 0 Å². The molecular formula is C20H25N7O3. The van der Waals surface area contributed by atoms with E-state index in [-0.39, 0.29) is 24.4 Å². The summed E-state index contributed by atoms with van der Waals surface area (Å²) in [5.74, 6) is 0.493. The first-order valence-corrected chi connectivity index (χ1v) is 9.87. The highest BCUT2D eigenvalue weighted by molar-refractivity contribution is 6.05. The van der Waals surface area contributed by atoms with Crippen LogP contribution in [-0.2, 0) is 0 Å². The van der Waals surface area contributed by atoms with Gasteiger partial charge in [0.25, 0.3) is 5.91 Å². The maximum absolute atomic E-state index is 13.1. The van der Waals surface area contributed by atoms with Crippen LogP contribution in [0.4, 0.5) is 5.82 Å². The van der Waals surface area contributed by atoms with Crippen molar-refractivity contribution in [2.45, 2.75) is 18.9 Å². The van der Waals surface area contributed by atoms with Crippen molar-refractivity contribution in [1.29, 1.82) is 0 Å². The van der Waals surface area contributed by atoms with Crippen LogP contribution in [0.25, 0.3) is 16.8 Å². The number of carbonyl (C=O) groups excluding carboxylic acids is 1. The number of aromatic nitrogens is 4. The lowest BCUT2D eigenvalue weighted by Gasteiger charge is -2.31. The van der Waals surface area contributed by atoms with Gasteiger partial charge in [-0.3, -0.25) is 4.79 Å². The molecule has 1 amide bonds. The quantitative estimate of drug-likeness (QED) is 0.537. The number of carbonyl (C=O) groups is 1. The molecule has 3 aromatic heterocycles. The minimum Gasteiger partial charge on any atom is -0.481 e. The molecule has 4 rings (SSSR count). The SMILES string of the molecule is COc1cc(-c2cc(C(=O)NC3CCN(CCO)CC3)c3c(N)ncnn23)ccn1. The van der Waals surface area contributed by atoms with Crippen molar-refractivity contribution in [2.75, 3.05) is 39.1 Å². The first-order chi connectivity index (χ1) is 14.6. The number of β-amino-alcohol motifs (C(OH)–C–C–N with tert-alkyl or cyclic N) is 1. The van der Waals surface area contributed by atoms with Crippen molar-refractivity contribution in [3.05, 3.63) is 36.3 Å². The molecule has 0 spiro atoms. The summed E-state index contributed by atoms with van der Waals surface area (Å²) in [6.45, 7) is 2.50. The fraction of sp³-hybridized carbons (Fsp3) is 0.400. The Morgan fingerprint density at radius 1 is 1.33 bits per heavy atom. The van der Waals surface area contributed by atoms with Gasteiger partial charge in [-0.25, -0.2) is 14.5 Å². The molecule has 30 heavy (non-hydrogen) atoms. The average Bonchev–Trinajstić information content (AvgIpc) is 3.17. The summed E-state index contributed by atoms with van der Waals surface area (Å²) in [6.07, 6.45) is 4.66. The Hall–Kier alpha value is -3.24. The number of nitrogens with two attached hydrogens (primary N) is 1. The number of likely N-dealkylation sites (tertiary alicyclic amines) is 1. The van der Waals surface area contributed by atoms with E-state index in [1.165, 1.54) is 6.33 Å². The summed E-state index contributed by atoms with van der Waals surface area (Å²) in [4.78, 5) is 23.5. The second-order valence-corrected chi connectivity index (χ2v) is 7.25. The van der Waals surface area contributed by atoms with Gasteiger partial charge in [0.15, 0.2) is 5.82 Å². The van der Waals surface area contributed by atoms with Crippen molar-refractivity contribution in [1.82, 2.24) is 29.8 Å². The monoisotopic (exact) mass is 411 g/mol. The summed E-state index contributed by atoms with van der Waals surface area (Å²) in [5, 5.41) is 16.5. The largest absolute Gasteiger partial charge is 0.481 e. The highest BCUT2D eigenvalue weighted by Crippen LogP contribution is 2.29. The lowest BCUT2D eigenvalue weighted by Crippen LogP contribution is -2.45. The Bertz CT molecular complexity index is 1040. The van der Waals surface area contributed by atoms with Crippen LogP contribution in [0, 0.1) is 0 Å². The number of nitrogens with one attached hydrogen (secondary N) is 1. The van der Waals surface area contributed by atoms with Gasteiger partial charge in [-0.1, -0.05) is 0 Å². The Labute approximate surface area is 173 Å². The van der Waals surface area contributed by atoms with Gasteiger partial charge in [0.05, 0.1) is 25.0 Å². The average molecular weight is 411 g/mol. The van der Waals surface area contributed by atoms with E-state index in [2.05, 4.69) is 25.3 Å². The number of anilines is 1. The number of aliphatic hydroxyl groups is 1. The van der Waals surface area contributed by atoms with Gasteiger partial charge in [-0.15, -0.1) is 0 Å². The van der Waals surface area contributed by atoms with Crippen LogP contribution < -0.4 is 15.8 Å². The molecule has 3 aromatic rings. The number of hydrogen-bond acceptors (Lipinski definition) is 8. The van der Waals surface area contributed by atoms with Gasteiger partial charge in [0.2, 0.25) is 5.88 Å². The number of methoxy groups -OCH3 is 1. The molecule has 4 N–H and O–H groups in total. The minimum atomic E-state index is -0.207. The van der Waals surface area contributed by atoms with Gasteiger partial charge in [-0.05, 0) is 25.0 Å². The lowest BCUT2D eigenvalue weighted by atomic mass is 10.0. The lowest BCUT2D eigenvalue weighted by molar-refractivity contribution is 0.0905. The van der Waals surface area contributed by atoms with Gasteiger partial charge in [-0.2, -0.15) is 5.10 Å². The van der Waals surface area contributed by atoms with Crippen LogP contribution in [0.15, 0.2) is 30.7 Å². The number of ether oxygens (including phenoxy) is 1. The molecule has 1 aliphatic heterocycles. The maximum atomic E-state index is 13.1. The highest BCUT2D eigenvalue weighted by Gasteiger charge is 2.24. The Morgan fingerprint density at radius 2 is 2.13 bits per heavy atom. The molecule has 1 fully saturated rings. The van der Waals surface area contributed by atoms with E-state index in [0.717, 1.165) is 31.5 Å². The van der Waals surface area contributed by atoms with E-state index >= 15 is 0 Å². The van der Waals surface area contributed by atoms with E-state index < -0.39 is 0 Å².